The van der Waals surface area contributed by atoms with Crippen LogP contribution in [-0.2, 0) is 0 Å². The van der Waals surface area contributed by atoms with Crippen LogP contribution < -0.4 is 21.4 Å². The molecule has 0 saturated heterocycles. The number of rotatable bonds is 4. The van der Waals surface area contributed by atoms with Crippen LogP contribution in [0, 0.1) is 0 Å². The molecule has 0 atom stereocenters. The average Bonchev–Trinajstić information content (AvgIpc) is 2.51. The molecule has 0 saturated carbocycles. The molecular formula is C14H14N4O5. The van der Waals surface area contributed by atoms with Crippen LogP contribution in [-0.4, -0.2) is 33.8 Å². The van der Waals surface area contributed by atoms with Gasteiger partial charge in [0, 0.05) is 5.56 Å². The van der Waals surface area contributed by atoms with Crippen LogP contribution >= 0.6 is 0 Å². The molecule has 0 radical (unpaired) electrons. The number of methoxy groups -OCH3 is 1. The molecule has 0 aliphatic carbocycles. The minimum Gasteiger partial charge on any atom is -0.497 e. The smallest absolute Gasteiger partial charge is 0.328 e. The van der Waals surface area contributed by atoms with Gasteiger partial charge in [0.2, 0.25) is 5.88 Å². The van der Waals surface area contributed by atoms with E-state index in [1.807, 2.05) is 9.97 Å². The Morgan fingerprint density at radius 2 is 1.87 bits per heavy atom. The van der Waals surface area contributed by atoms with Crippen LogP contribution in [0.15, 0.2) is 39.0 Å². The van der Waals surface area contributed by atoms with Gasteiger partial charge in [0.1, 0.15) is 11.3 Å². The number of aromatic amines is 2. The van der Waals surface area contributed by atoms with E-state index in [1.54, 1.807) is 24.3 Å². The Kier molecular flexibility index (Phi) is 4.60. The van der Waals surface area contributed by atoms with E-state index in [0.717, 1.165) is 0 Å². The van der Waals surface area contributed by atoms with Crippen LogP contribution in [0.3, 0.4) is 0 Å². The van der Waals surface area contributed by atoms with E-state index in [9.17, 15) is 19.5 Å². The Hall–Kier alpha value is -3.36. The third kappa shape index (κ3) is 3.64. The molecule has 9 nitrogen and oxygen atoms in total. The minimum atomic E-state index is -0.841. The van der Waals surface area contributed by atoms with Crippen LogP contribution in [0.2, 0.25) is 0 Å². The molecule has 2 aromatic rings. The van der Waals surface area contributed by atoms with Crippen molar-refractivity contribution in [2.75, 3.05) is 7.11 Å². The highest BCUT2D eigenvalue weighted by Crippen LogP contribution is 2.11. The molecule has 1 aromatic heterocycles. The Morgan fingerprint density at radius 1 is 1.22 bits per heavy atom. The molecule has 0 unspecified atom stereocenters. The third-order valence-electron chi connectivity index (χ3n) is 2.96. The Morgan fingerprint density at radius 3 is 2.43 bits per heavy atom. The maximum absolute atomic E-state index is 11.9. The minimum absolute atomic E-state index is 0.0295. The lowest BCUT2D eigenvalue weighted by Crippen LogP contribution is -2.28. The summed E-state index contributed by atoms with van der Waals surface area (Å²) in [5, 5.41) is 13.3. The molecule has 1 heterocycles. The van der Waals surface area contributed by atoms with Gasteiger partial charge in [-0.25, -0.2) is 10.2 Å². The van der Waals surface area contributed by atoms with Gasteiger partial charge in [0.05, 0.1) is 12.8 Å². The van der Waals surface area contributed by atoms with Gasteiger partial charge < -0.3 is 9.84 Å². The molecule has 0 spiro atoms. The molecule has 0 fully saturated rings. The predicted octanol–water partition coefficient (Wildman–Crippen LogP) is -0.0686. The van der Waals surface area contributed by atoms with Crippen molar-refractivity contribution in [2.24, 2.45) is 5.10 Å². The number of nitrogens with one attached hydrogen (secondary N) is 3. The molecule has 0 aliphatic rings. The number of aromatic nitrogens is 2. The molecule has 9 heteroatoms. The highest BCUT2D eigenvalue weighted by atomic mass is 16.5. The largest absolute Gasteiger partial charge is 0.497 e. The summed E-state index contributed by atoms with van der Waals surface area (Å²) in [7, 11) is 1.51. The van der Waals surface area contributed by atoms with Crippen molar-refractivity contribution < 1.29 is 14.6 Å². The topological polar surface area (TPSA) is 137 Å². The Balaban J connectivity index is 2.20. The van der Waals surface area contributed by atoms with Crippen molar-refractivity contribution in [1.82, 2.24) is 15.4 Å². The van der Waals surface area contributed by atoms with E-state index in [1.165, 1.54) is 14.0 Å². The second kappa shape index (κ2) is 6.60. The first kappa shape index (κ1) is 16.0. The highest BCUT2D eigenvalue weighted by Gasteiger charge is 2.12. The predicted molar refractivity (Wildman–Crippen MR) is 82.0 cm³/mol. The van der Waals surface area contributed by atoms with E-state index in [4.69, 9.17) is 4.74 Å². The zero-order valence-electron chi connectivity index (χ0n) is 12.3. The van der Waals surface area contributed by atoms with E-state index in [2.05, 4.69) is 10.5 Å². The molecule has 4 N–H and O–H groups in total. The second-order valence-corrected chi connectivity index (χ2v) is 4.50. The van der Waals surface area contributed by atoms with Gasteiger partial charge >= 0.3 is 5.69 Å². The van der Waals surface area contributed by atoms with Gasteiger partial charge in [-0.15, -0.1) is 0 Å². The summed E-state index contributed by atoms with van der Waals surface area (Å²) < 4.78 is 4.99. The lowest BCUT2D eigenvalue weighted by molar-refractivity contribution is 0.0954. The van der Waals surface area contributed by atoms with Crippen LogP contribution in [0.1, 0.15) is 22.8 Å². The number of hydrogen-bond acceptors (Lipinski definition) is 6. The van der Waals surface area contributed by atoms with E-state index < -0.39 is 23.0 Å². The lowest BCUT2D eigenvalue weighted by atomic mass is 10.2. The fraction of sp³-hybridized carbons (Fsp3) is 0.143. The Bertz CT molecular complexity index is 864. The first-order valence-corrected chi connectivity index (χ1v) is 6.47. The first-order valence-electron chi connectivity index (χ1n) is 6.47. The van der Waals surface area contributed by atoms with Gasteiger partial charge in [0.25, 0.3) is 11.5 Å². The zero-order chi connectivity index (χ0) is 17.0. The van der Waals surface area contributed by atoms with Crippen molar-refractivity contribution >= 4 is 11.6 Å². The van der Waals surface area contributed by atoms with Gasteiger partial charge in [-0.3, -0.25) is 19.6 Å². The van der Waals surface area contributed by atoms with Crippen LogP contribution in [0.4, 0.5) is 0 Å². The monoisotopic (exact) mass is 318 g/mol. The van der Waals surface area contributed by atoms with Crippen molar-refractivity contribution in [3.8, 4) is 11.6 Å². The van der Waals surface area contributed by atoms with Gasteiger partial charge in [-0.2, -0.15) is 5.10 Å². The fourth-order valence-electron chi connectivity index (χ4n) is 1.81. The number of benzene rings is 1. The van der Waals surface area contributed by atoms with Crippen molar-refractivity contribution in [1.29, 1.82) is 0 Å². The number of nitrogens with zero attached hydrogens (tertiary/aromatic N) is 1. The molecule has 0 bridgehead atoms. The van der Waals surface area contributed by atoms with Crippen LogP contribution in [0.5, 0.6) is 11.6 Å². The summed E-state index contributed by atoms with van der Waals surface area (Å²) in [6.45, 7) is 1.40. The summed E-state index contributed by atoms with van der Waals surface area (Å²) in [6, 6.07) is 6.32. The van der Waals surface area contributed by atoms with Crippen molar-refractivity contribution in [2.45, 2.75) is 6.92 Å². The normalized spacial score (nSPS) is 11.1. The second-order valence-electron chi connectivity index (χ2n) is 4.50. The first-order chi connectivity index (χ1) is 10.9. The Labute approximate surface area is 129 Å². The molecule has 1 amide bonds. The molecule has 120 valence electrons. The average molecular weight is 318 g/mol. The van der Waals surface area contributed by atoms with E-state index in [-0.39, 0.29) is 11.3 Å². The fourth-order valence-corrected chi connectivity index (χ4v) is 1.81. The lowest BCUT2D eigenvalue weighted by Gasteiger charge is -2.04. The van der Waals surface area contributed by atoms with Gasteiger partial charge in [0.15, 0.2) is 0 Å². The number of carbonyl (C=O) groups is 1. The van der Waals surface area contributed by atoms with E-state index >= 15 is 0 Å². The van der Waals surface area contributed by atoms with Gasteiger partial charge in [-0.1, -0.05) is 0 Å². The third-order valence-corrected chi connectivity index (χ3v) is 2.96. The molecule has 1 aromatic carbocycles. The highest BCUT2D eigenvalue weighted by molar-refractivity contribution is 6.01. The summed E-state index contributed by atoms with van der Waals surface area (Å²) in [5.41, 5.74) is 0.729. The van der Waals surface area contributed by atoms with Crippen molar-refractivity contribution in [3.05, 3.63) is 56.2 Å². The number of carbonyl (C=O) groups excluding carboxylic acids is 1. The summed E-state index contributed by atoms with van der Waals surface area (Å²) >= 11 is 0. The molecule has 23 heavy (non-hydrogen) atoms. The summed E-state index contributed by atoms with van der Waals surface area (Å²) in [5.74, 6) is -0.531. The number of hydrogen-bond donors (Lipinski definition) is 4. The number of aromatic hydroxyl groups is 1. The maximum Gasteiger partial charge on any atom is 0.328 e. The van der Waals surface area contributed by atoms with Crippen LogP contribution in [0.25, 0.3) is 0 Å². The molecular weight excluding hydrogens is 304 g/mol. The standard InChI is InChI=1S/C14H14N4O5/c1-7(10-12(20)15-14(22)16-13(10)21)17-18-11(19)8-3-5-9(23-2)6-4-8/h3-6H,1-2H3,(H,18,19)(H3,15,16,20,21,22). The van der Waals surface area contributed by atoms with Gasteiger partial charge in [-0.05, 0) is 31.2 Å². The summed E-state index contributed by atoms with van der Waals surface area (Å²) in [4.78, 5) is 38.6. The van der Waals surface area contributed by atoms with E-state index in [0.29, 0.717) is 11.3 Å². The number of ether oxygens (including phenoxy) is 1. The molecule has 0 aliphatic heterocycles. The van der Waals surface area contributed by atoms with Crippen molar-refractivity contribution in [3.63, 3.8) is 0 Å². The zero-order valence-corrected chi connectivity index (χ0v) is 12.3. The number of hydrazone groups is 1. The number of H-pyrrole nitrogens is 2. The SMILES string of the molecule is COc1ccc(C(=O)NN=C(C)c2c(O)[nH]c(=O)[nH]c2=O)cc1. The molecule has 2 rings (SSSR count). The number of amides is 1. The maximum atomic E-state index is 11.9. The summed E-state index contributed by atoms with van der Waals surface area (Å²) in [6.07, 6.45) is 0. The quantitative estimate of drug-likeness (QED) is 0.462.